The highest BCUT2D eigenvalue weighted by Crippen LogP contribution is 2.33. The van der Waals surface area contributed by atoms with Gasteiger partial charge in [0.1, 0.15) is 6.73 Å². The fourth-order valence-corrected chi connectivity index (χ4v) is 7.14. The Morgan fingerprint density at radius 3 is 2.51 bits per heavy atom. The number of fused-ring (bicyclic) bond motifs is 2. The van der Waals surface area contributed by atoms with Crippen LogP contribution in [0.15, 0.2) is 95.9 Å². The molecule has 2 N–H and O–H groups in total. The first kappa shape index (κ1) is 38.0. The van der Waals surface area contributed by atoms with Gasteiger partial charge in [0.2, 0.25) is 0 Å². The molecule has 7 rings (SSSR count). The number of benzene rings is 4. The Bertz CT molecular complexity index is 2490. The third kappa shape index (κ3) is 9.27. The van der Waals surface area contributed by atoms with Gasteiger partial charge in [-0.05, 0) is 79.7 Å². The van der Waals surface area contributed by atoms with E-state index in [0.717, 1.165) is 74.2 Å². The third-order valence-electron chi connectivity index (χ3n) is 8.37. The summed E-state index contributed by atoms with van der Waals surface area (Å²) < 4.78 is 11.3. The lowest BCUT2D eigenvalue weighted by Crippen LogP contribution is -2.22. The first-order valence-corrected chi connectivity index (χ1v) is 22.2. The topological polar surface area (TPSA) is 111 Å². The molecule has 0 aliphatic carbocycles. The number of nitrogens with one attached hydrogen (secondary N) is 1. The maximum Gasteiger partial charge on any atom is 0.336 e. The second kappa shape index (κ2) is 16.5. The van der Waals surface area contributed by atoms with Crippen LogP contribution in [0.25, 0.3) is 45.0 Å². The van der Waals surface area contributed by atoms with E-state index in [-0.39, 0.29) is 5.56 Å². The van der Waals surface area contributed by atoms with Gasteiger partial charge in [0.25, 0.3) is 0 Å². The molecule has 0 unspecified atom stereocenters. The highest BCUT2D eigenvalue weighted by atomic mass is 79.9. The molecule has 7 aromatic rings. The van der Waals surface area contributed by atoms with Crippen LogP contribution in [0.5, 0.6) is 0 Å². The maximum absolute atomic E-state index is 11.1. The monoisotopic (exact) mass is 826 g/mol. The first-order chi connectivity index (χ1) is 25.4. The Kier molecular flexibility index (Phi) is 11.9. The van der Waals surface area contributed by atoms with E-state index in [2.05, 4.69) is 79.5 Å². The number of aromatic amines is 1. The van der Waals surface area contributed by atoms with Crippen molar-refractivity contribution in [2.75, 3.05) is 6.61 Å². The van der Waals surface area contributed by atoms with E-state index in [1.54, 1.807) is 36.7 Å². The fourth-order valence-electron chi connectivity index (χ4n) is 5.53. The molecule has 3 heterocycles. The Hall–Kier alpha value is -4.70. The zero-order valence-electron chi connectivity index (χ0n) is 29.6. The number of imidazole rings is 3. The number of aryl methyl sites for hydroxylation is 1. The maximum atomic E-state index is 11.1. The summed E-state index contributed by atoms with van der Waals surface area (Å²) >= 11 is 16.2. The average Bonchev–Trinajstić information content (AvgIpc) is 3.86. The number of H-pyrrole nitrogens is 1. The second-order valence-corrected chi connectivity index (χ2v) is 20.8. The van der Waals surface area contributed by atoms with Gasteiger partial charge in [0.15, 0.2) is 11.6 Å². The van der Waals surface area contributed by atoms with Crippen molar-refractivity contribution in [2.24, 2.45) is 0 Å². The summed E-state index contributed by atoms with van der Waals surface area (Å²) in [4.78, 5) is 28.1. The molecule has 0 aliphatic rings. The number of ether oxygens (including phenoxy) is 1. The highest BCUT2D eigenvalue weighted by Gasteiger charge is 2.21. The van der Waals surface area contributed by atoms with Crippen LogP contribution < -0.4 is 0 Å². The van der Waals surface area contributed by atoms with Crippen molar-refractivity contribution in [2.45, 2.75) is 45.9 Å². The molecule has 4 aromatic carbocycles. The van der Waals surface area contributed by atoms with Crippen LogP contribution in [0, 0.1) is 11.8 Å². The Morgan fingerprint density at radius 2 is 1.75 bits per heavy atom. The minimum atomic E-state index is -1.17. The van der Waals surface area contributed by atoms with Gasteiger partial charge in [-0.1, -0.05) is 82.7 Å². The largest absolute Gasteiger partial charge is 0.478 e. The predicted octanol–water partition coefficient (Wildman–Crippen LogP) is 10.6. The summed E-state index contributed by atoms with van der Waals surface area (Å²) in [7, 11) is -1.17. The van der Waals surface area contributed by atoms with Gasteiger partial charge in [-0.2, -0.15) is 0 Å². The summed E-state index contributed by atoms with van der Waals surface area (Å²) in [5, 5.41) is 10.3. The summed E-state index contributed by atoms with van der Waals surface area (Å²) in [6.45, 7) is 11.0. The molecule has 0 bridgehead atoms. The van der Waals surface area contributed by atoms with E-state index < -0.39 is 14.0 Å². The van der Waals surface area contributed by atoms with Crippen LogP contribution in [0.4, 0.5) is 0 Å². The lowest BCUT2D eigenvalue weighted by atomic mass is 10.1. The second-order valence-electron chi connectivity index (χ2n) is 13.4. The molecule has 9 nitrogen and oxygen atoms in total. The summed E-state index contributed by atoms with van der Waals surface area (Å²) in [5.41, 5.74) is 6.83. The lowest BCUT2D eigenvalue weighted by Gasteiger charge is -2.16. The average molecular weight is 829 g/mol. The van der Waals surface area contributed by atoms with Crippen molar-refractivity contribution < 1.29 is 14.6 Å². The molecule has 3 aromatic heterocycles. The third-order valence-corrected chi connectivity index (χ3v) is 11.1. The number of carbonyl (C=O) groups is 1. The van der Waals surface area contributed by atoms with Crippen molar-refractivity contribution in [1.29, 1.82) is 0 Å². The van der Waals surface area contributed by atoms with Crippen LogP contribution in [-0.4, -0.2) is 54.8 Å². The minimum absolute atomic E-state index is 0.211. The number of aromatic nitrogens is 6. The fraction of sp³-hybridized carbons (Fsp3) is 0.200. The predicted molar refractivity (Wildman–Crippen MR) is 219 cm³/mol. The smallest absolute Gasteiger partial charge is 0.336 e. The molecule has 0 atom stereocenters. The SMILES string of the molecule is CCn1cc(-c2ccc(Cl)cc2Cl)nc1-c1nc2ccc(Br)cc2n1COCC[Si](C)(C)C.O=C(O)c1ccccc1C#Cc1ccc2nc[nH]c2c1. The van der Waals surface area contributed by atoms with Crippen molar-refractivity contribution in [1.82, 2.24) is 29.1 Å². The molecule has 0 spiro atoms. The summed E-state index contributed by atoms with van der Waals surface area (Å²) in [5.74, 6) is 6.46. The van der Waals surface area contributed by atoms with E-state index in [9.17, 15) is 4.79 Å². The first-order valence-electron chi connectivity index (χ1n) is 16.9. The molecule has 13 heteroatoms. The van der Waals surface area contributed by atoms with Crippen LogP contribution in [0.3, 0.4) is 0 Å². The molecule has 0 aliphatic heterocycles. The van der Waals surface area contributed by atoms with Crippen LogP contribution >= 0.6 is 39.1 Å². The van der Waals surface area contributed by atoms with Crippen molar-refractivity contribution in [3.8, 4) is 34.7 Å². The number of hydrogen-bond donors (Lipinski definition) is 2. The van der Waals surface area contributed by atoms with E-state index in [0.29, 0.717) is 22.3 Å². The molecule has 270 valence electrons. The van der Waals surface area contributed by atoms with Crippen molar-refractivity contribution >= 4 is 75.2 Å². The van der Waals surface area contributed by atoms with Gasteiger partial charge in [0, 0.05) is 53.6 Å². The molecule has 53 heavy (non-hydrogen) atoms. The normalized spacial score (nSPS) is 11.3. The molecule has 0 radical (unpaired) electrons. The van der Waals surface area contributed by atoms with E-state index in [1.165, 1.54) is 0 Å². The Labute approximate surface area is 327 Å². The standard InChI is InChI=1S/C24H27BrCl2N4OSi.C16H10N2O2/c1-5-30-14-21(18-8-7-17(26)13-19(18)27)29-23(30)24-28-20-9-6-16(25)12-22(20)31(24)15-32-10-11-33(2,3)4;19-16(20)13-4-2-1-3-12(13)7-5-11-6-8-14-15(9-11)18-10-17-14/h6-9,12-14H,5,10-11,15H2,1-4H3;1-4,6,8-10H,(H,17,18)(H,19,20). The molecule has 0 saturated heterocycles. The van der Waals surface area contributed by atoms with Crippen molar-refractivity contribution in [3.63, 3.8) is 0 Å². The van der Waals surface area contributed by atoms with Crippen LogP contribution in [0.2, 0.25) is 35.7 Å². The minimum Gasteiger partial charge on any atom is -0.478 e. The zero-order valence-corrected chi connectivity index (χ0v) is 33.7. The molecule has 0 saturated carbocycles. The van der Waals surface area contributed by atoms with Gasteiger partial charge in [-0.25, -0.2) is 19.7 Å². The molecule has 0 amide bonds. The van der Waals surface area contributed by atoms with E-state index in [1.807, 2.05) is 48.7 Å². The van der Waals surface area contributed by atoms with Gasteiger partial charge in [0.05, 0.1) is 44.7 Å². The number of carboxylic acids is 1. The summed E-state index contributed by atoms with van der Waals surface area (Å²) in [6.07, 6.45) is 3.64. The van der Waals surface area contributed by atoms with Gasteiger partial charge in [-0.3, -0.25) is 4.57 Å². The highest BCUT2D eigenvalue weighted by molar-refractivity contribution is 9.10. The number of halogens is 3. The van der Waals surface area contributed by atoms with Gasteiger partial charge < -0.3 is 19.4 Å². The number of rotatable bonds is 9. The number of nitrogens with zero attached hydrogens (tertiary/aromatic N) is 5. The van der Waals surface area contributed by atoms with Crippen LogP contribution in [0.1, 0.15) is 28.4 Å². The zero-order chi connectivity index (χ0) is 37.7. The van der Waals surface area contributed by atoms with Gasteiger partial charge >= 0.3 is 5.97 Å². The van der Waals surface area contributed by atoms with E-state index >= 15 is 0 Å². The van der Waals surface area contributed by atoms with Gasteiger partial charge in [-0.15, -0.1) is 0 Å². The number of aromatic carboxylic acids is 1. The van der Waals surface area contributed by atoms with Crippen molar-refractivity contribution in [3.05, 3.63) is 123 Å². The number of carboxylic acid groups (broad SMARTS) is 1. The van der Waals surface area contributed by atoms with E-state index in [4.69, 9.17) is 43.0 Å². The number of hydrogen-bond acceptors (Lipinski definition) is 5. The molecular weight excluding hydrogens is 791 g/mol. The quantitative estimate of drug-likeness (QED) is 0.0852. The van der Waals surface area contributed by atoms with Crippen LogP contribution in [-0.2, 0) is 18.0 Å². The lowest BCUT2D eigenvalue weighted by molar-refractivity contribution is 0.0696. The Balaban J connectivity index is 0.000000204. The summed E-state index contributed by atoms with van der Waals surface area (Å²) in [6, 6.07) is 25.0. The molecular formula is C40H37BrCl2N6O3Si. The molecule has 0 fully saturated rings. The Morgan fingerprint density at radius 1 is 0.962 bits per heavy atom.